The fourth-order valence-electron chi connectivity index (χ4n) is 4.81. The Morgan fingerprint density at radius 3 is 2.38 bits per heavy atom. The number of piperidine rings is 1. The second kappa shape index (κ2) is 6.66. The van der Waals surface area contributed by atoms with Crippen LogP contribution in [0.15, 0.2) is 0 Å². The highest BCUT2D eigenvalue weighted by Gasteiger charge is 2.37. The third-order valence-electron chi connectivity index (χ3n) is 5.97. The summed E-state index contributed by atoms with van der Waals surface area (Å²) in [4.78, 5) is 16.3. The Hall–Kier alpha value is -0.610. The number of rotatable bonds is 3. The van der Waals surface area contributed by atoms with Crippen molar-refractivity contribution < 1.29 is 9.90 Å². The first-order valence-corrected chi connectivity index (χ1v) is 8.87. The lowest BCUT2D eigenvalue weighted by molar-refractivity contribution is -0.143. The molecule has 1 aliphatic carbocycles. The van der Waals surface area contributed by atoms with Gasteiger partial charge in [0.15, 0.2) is 0 Å². The van der Waals surface area contributed by atoms with E-state index in [4.69, 9.17) is 0 Å². The van der Waals surface area contributed by atoms with Crippen molar-refractivity contribution in [1.29, 1.82) is 0 Å². The largest absolute Gasteiger partial charge is 0.480 e. The summed E-state index contributed by atoms with van der Waals surface area (Å²) in [5.41, 5.74) is 0. The summed E-state index contributed by atoms with van der Waals surface area (Å²) >= 11 is 0. The summed E-state index contributed by atoms with van der Waals surface area (Å²) in [5, 5.41) is 9.35. The average Bonchev–Trinajstić information content (AvgIpc) is 2.97. The minimum atomic E-state index is -0.615. The third kappa shape index (κ3) is 3.42. The Morgan fingerprint density at radius 1 is 0.952 bits per heavy atom. The lowest BCUT2D eigenvalue weighted by Crippen LogP contribution is -2.51. The van der Waals surface area contributed by atoms with Crippen LogP contribution in [-0.4, -0.2) is 58.6 Å². The molecule has 21 heavy (non-hydrogen) atoms. The van der Waals surface area contributed by atoms with Crippen LogP contribution in [0.3, 0.4) is 0 Å². The van der Waals surface area contributed by atoms with Crippen molar-refractivity contribution in [3.63, 3.8) is 0 Å². The highest BCUT2D eigenvalue weighted by atomic mass is 16.4. The van der Waals surface area contributed by atoms with Crippen molar-refractivity contribution in [2.24, 2.45) is 5.92 Å². The van der Waals surface area contributed by atoms with Gasteiger partial charge in [0.05, 0.1) is 0 Å². The van der Waals surface area contributed by atoms with E-state index in [-0.39, 0.29) is 6.04 Å². The molecule has 2 aliphatic heterocycles. The van der Waals surface area contributed by atoms with E-state index in [1.54, 1.807) is 0 Å². The van der Waals surface area contributed by atoms with Crippen molar-refractivity contribution in [3.05, 3.63) is 0 Å². The van der Waals surface area contributed by atoms with Crippen LogP contribution in [0.1, 0.15) is 58.3 Å². The Morgan fingerprint density at radius 2 is 1.71 bits per heavy atom. The van der Waals surface area contributed by atoms with Crippen molar-refractivity contribution in [3.8, 4) is 0 Å². The minimum Gasteiger partial charge on any atom is -0.480 e. The smallest absolute Gasteiger partial charge is 0.320 e. The van der Waals surface area contributed by atoms with Gasteiger partial charge in [-0.25, -0.2) is 0 Å². The Kier molecular flexibility index (Phi) is 4.85. The van der Waals surface area contributed by atoms with Gasteiger partial charge < -0.3 is 10.0 Å². The van der Waals surface area contributed by atoms with E-state index in [9.17, 15) is 9.90 Å². The maximum atomic E-state index is 11.4. The monoisotopic (exact) mass is 294 g/mol. The van der Waals surface area contributed by atoms with E-state index in [0.29, 0.717) is 6.04 Å². The maximum absolute atomic E-state index is 11.4. The molecule has 0 amide bonds. The zero-order valence-corrected chi connectivity index (χ0v) is 13.3. The highest BCUT2D eigenvalue weighted by molar-refractivity contribution is 5.73. The van der Waals surface area contributed by atoms with Crippen LogP contribution in [0.2, 0.25) is 0 Å². The number of carboxylic acid groups (broad SMARTS) is 1. The molecule has 3 atom stereocenters. The van der Waals surface area contributed by atoms with Crippen LogP contribution in [0.4, 0.5) is 0 Å². The predicted molar refractivity (Wildman–Crippen MR) is 83.4 cm³/mol. The number of carboxylic acids is 1. The Balaban J connectivity index is 1.52. The molecular formula is C17H30N2O2. The van der Waals surface area contributed by atoms with Crippen LogP contribution in [-0.2, 0) is 4.79 Å². The second-order valence-corrected chi connectivity index (χ2v) is 7.43. The van der Waals surface area contributed by atoms with Crippen molar-refractivity contribution in [2.45, 2.75) is 76.4 Å². The van der Waals surface area contributed by atoms with Crippen molar-refractivity contribution >= 4 is 5.97 Å². The lowest BCUT2D eigenvalue weighted by Gasteiger charge is -2.43. The van der Waals surface area contributed by atoms with Crippen LogP contribution >= 0.6 is 0 Å². The standard InChI is InChI=1S/C17H30N2O2/c1-13-4-2-5-15(12-13)18-10-7-14(8-11-18)19-9-3-6-16(19)17(20)21/h13-16H,2-12H2,1H3,(H,20,21). The molecule has 0 radical (unpaired) electrons. The molecule has 3 aliphatic rings. The zero-order chi connectivity index (χ0) is 14.8. The average molecular weight is 294 g/mol. The predicted octanol–water partition coefficient (Wildman–Crippen LogP) is 2.58. The molecule has 1 saturated carbocycles. The first-order chi connectivity index (χ1) is 10.1. The molecule has 3 unspecified atom stereocenters. The molecule has 0 aromatic heterocycles. The van der Waals surface area contributed by atoms with E-state index in [2.05, 4.69) is 16.7 Å². The van der Waals surface area contributed by atoms with Gasteiger partial charge >= 0.3 is 5.97 Å². The number of carbonyl (C=O) groups is 1. The van der Waals surface area contributed by atoms with E-state index >= 15 is 0 Å². The fraction of sp³-hybridized carbons (Fsp3) is 0.941. The molecule has 0 bridgehead atoms. The van der Waals surface area contributed by atoms with E-state index in [1.165, 1.54) is 38.8 Å². The molecule has 1 N–H and O–H groups in total. The molecule has 0 spiro atoms. The fourth-order valence-corrected chi connectivity index (χ4v) is 4.81. The molecule has 120 valence electrons. The highest BCUT2D eigenvalue weighted by Crippen LogP contribution is 2.31. The molecule has 3 rings (SSSR count). The summed E-state index contributed by atoms with van der Waals surface area (Å²) in [5.74, 6) is 0.271. The van der Waals surface area contributed by atoms with Crippen LogP contribution in [0.25, 0.3) is 0 Å². The summed E-state index contributed by atoms with van der Waals surface area (Å²) in [6.07, 6.45) is 9.75. The topological polar surface area (TPSA) is 43.8 Å². The van der Waals surface area contributed by atoms with Crippen LogP contribution in [0, 0.1) is 5.92 Å². The number of nitrogens with zero attached hydrogens (tertiary/aromatic N) is 2. The van der Waals surface area contributed by atoms with Crippen molar-refractivity contribution in [2.75, 3.05) is 19.6 Å². The van der Waals surface area contributed by atoms with Gasteiger partial charge in [0.25, 0.3) is 0 Å². The molecule has 4 heteroatoms. The van der Waals surface area contributed by atoms with Crippen LogP contribution in [0.5, 0.6) is 0 Å². The zero-order valence-electron chi connectivity index (χ0n) is 13.3. The van der Waals surface area contributed by atoms with Gasteiger partial charge in [-0.1, -0.05) is 19.8 Å². The molecule has 2 saturated heterocycles. The molecule has 0 aromatic rings. The third-order valence-corrected chi connectivity index (χ3v) is 5.97. The minimum absolute atomic E-state index is 0.212. The normalized spacial score (nSPS) is 36.9. The Labute approximate surface area is 128 Å². The molecule has 0 aromatic carbocycles. The van der Waals surface area contributed by atoms with E-state index in [0.717, 1.165) is 44.2 Å². The SMILES string of the molecule is CC1CCCC(N2CCC(N3CCCC3C(=O)O)CC2)C1. The number of hydrogen-bond acceptors (Lipinski definition) is 3. The van der Waals surface area contributed by atoms with Crippen LogP contribution < -0.4 is 0 Å². The quantitative estimate of drug-likeness (QED) is 0.869. The van der Waals surface area contributed by atoms with Gasteiger partial charge in [0, 0.05) is 12.1 Å². The number of aliphatic carboxylic acids is 1. The number of likely N-dealkylation sites (tertiary alicyclic amines) is 2. The Bertz CT molecular complexity index is 366. The second-order valence-electron chi connectivity index (χ2n) is 7.43. The summed E-state index contributed by atoms with van der Waals surface area (Å²) in [6.45, 7) is 5.72. The lowest BCUT2D eigenvalue weighted by atomic mass is 9.85. The summed E-state index contributed by atoms with van der Waals surface area (Å²) < 4.78 is 0. The van der Waals surface area contributed by atoms with Gasteiger partial charge in [-0.3, -0.25) is 9.69 Å². The summed E-state index contributed by atoms with van der Waals surface area (Å²) in [7, 11) is 0. The van der Waals surface area contributed by atoms with E-state index in [1.807, 2.05) is 0 Å². The first kappa shape index (κ1) is 15.3. The van der Waals surface area contributed by atoms with E-state index < -0.39 is 5.97 Å². The first-order valence-electron chi connectivity index (χ1n) is 8.87. The summed E-state index contributed by atoms with van der Waals surface area (Å²) in [6, 6.07) is 1.09. The van der Waals surface area contributed by atoms with Gasteiger partial charge in [0.2, 0.25) is 0 Å². The van der Waals surface area contributed by atoms with Gasteiger partial charge in [-0.15, -0.1) is 0 Å². The molecule has 3 fully saturated rings. The molecule has 4 nitrogen and oxygen atoms in total. The van der Waals surface area contributed by atoms with Gasteiger partial charge in [0.1, 0.15) is 6.04 Å². The maximum Gasteiger partial charge on any atom is 0.320 e. The van der Waals surface area contributed by atoms with Gasteiger partial charge in [-0.2, -0.15) is 0 Å². The van der Waals surface area contributed by atoms with Gasteiger partial charge in [-0.05, 0) is 64.1 Å². The van der Waals surface area contributed by atoms with Crippen molar-refractivity contribution in [1.82, 2.24) is 9.80 Å². The molecule has 2 heterocycles. The number of hydrogen-bond donors (Lipinski definition) is 1. The molecular weight excluding hydrogens is 264 g/mol.